The van der Waals surface area contributed by atoms with Crippen molar-refractivity contribution in [2.45, 2.75) is 11.8 Å². The van der Waals surface area contributed by atoms with Crippen LogP contribution in [0.5, 0.6) is 11.5 Å². The van der Waals surface area contributed by atoms with Gasteiger partial charge in [0, 0.05) is 39.3 Å². The van der Waals surface area contributed by atoms with Crippen LogP contribution in [0.1, 0.15) is 17.3 Å². The highest BCUT2D eigenvalue weighted by molar-refractivity contribution is 7.92. The predicted molar refractivity (Wildman–Crippen MR) is 162 cm³/mol. The molecule has 0 spiro atoms. The van der Waals surface area contributed by atoms with E-state index in [1.54, 1.807) is 47.7 Å². The zero-order valence-corrected chi connectivity index (χ0v) is 24.6. The standard InChI is InChI=1S/C29H33N5O5S2/c1-3-39-25-9-6-10-26-27(25)31-29(40-26)34-19-17-33(18-20-34)16-15-30-28(35)23-7-4-5-8-24(23)32-41(36,37)22-13-11-21(38-2)12-14-22/h4-14,32H,3,15-20H2,1-2H3,(H,30,35). The summed E-state index contributed by atoms with van der Waals surface area (Å²) in [5, 5.41) is 3.93. The molecule has 1 aliphatic heterocycles. The SMILES string of the molecule is CCOc1cccc2sc(N3CCN(CCNC(=O)c4ccccc4NS(=O)(=O)c4ccc(OC)cc4)CC3)nc12. The van der Waals surface area contributed by atoms with E-state index in [2.05, 4.69) is 25.9 Å². The third-order valence-electron chi connectivity index (χ3n) is 6.81. The Kier molecular flexibility index (Phi) is 8.91. The molecular formula is C29H33N5O5S2. The van der Waals surface area contributed by atoms with Crippen LogP contribution < -0.4 is 24.4 Å². The number of nitrogens with one attached hydrogen (secondary N) is 2. The van der Waals surface area contributed by atoms with E-state index in [0.717, 1.165) is 47.3 Å². The normalized spacial score (nSPS) is 14.1. The average molecular weight is 596 g/mol. The first-order chi connectivity index (χ1) is 19.9. The maximum Gasteiger partial charge on any atom is 0.261 e. The molecule has 0 unspecified atom stereocenters. The van der Waals surface area contributed by atoms with Gasteiger partial charge in [0.2, 0.25) is 0 Å². The number of ether oxygens (including phenoxy) is 2. The van der Waals surface area contributed by atoms with Gasteiger partial charge in [0.05, 0.1) is 34.6 Å². The van der Waals surface area contributed by atoms with Crippen LogP contribution in [0.25, 0.3) is 10.2 Å². The number of amides is 1. The van der Waals surface area contributed by atoms with Crippen molar-refractivity contribution in [3.05, 3.63) is 72.3 Å². The maximum absolute atomic E-state index is 13.0. The number of thiazole rings is 1. The molecule has 41 heavy (non-hydrogen) atoms. The summed E-state index contributed by atoms with van der Waals surface area (Å²) in [7, 11) is -2.37. The van der Waals surface area contributed by atoms with Gasteiger partial charge in [0.15, 0.2) is 5.13 Å². The molecule has 0 aliphatic carbocycles. The lowest BCUT2D eigenvalue weighted by Crippen LogP contribution is -2.48. The molecule has 5 rings (SSSR count). The van der Waals surface area contributed by atoms with E-state index in [1.807, 2.05) is 19.1 Å². The van der Waals surface area contributed by atoms with Crippen LogP contribution in [0.2, 0.25) is 0 Å². The minimum absolute atomic E-state index is 0.0771. The third kappa shape index (κ3) is 6.72. The van der Waals surface area contributed by atoms with Crippen LogP contribution in [0.4, 0.5) is 10.8 Å². The summed E-state index contributed by atoms with van der Waals surface area (Å²) in [6.45, 7) is 7.08. The van der Waals surface area contributed by atoms with Gasteiger partial charge < -0.3 is 19.7 Å². The second-order valence-corrected chi connectivity index (χ2v) is 12.1. The summed E-state index contributed by atoms with van der Waals surface area (Å²) in [6, 6.07) is 18.7. The van der Waals surface area contributed by atoms with Gasteiger partial charge in [-0.3, -0.25) is 14.4 Å². The largest absolute Gasteiger partial charge is 0.497 e. The van der Waals surface area contributed by atoms with Crippen LogP contribution in [0.3, 0.4) is 0 Å². The monoisotopic (exact) mass is 595 g/mol. The van der Waals surface area contributed by atoms with E-state index in [9.17, 15) is 13.2 Å². The van der Waals surface area contributed by atoms with Crippen LogP contribution in [-0.2, 0) is 10.0 Å². The number of hydrogen-bond donors (Lipinski definition) is 2. The molecule has 10 nitrogen and oxygen atoms in total. The van der Waals surface area contributed by atoms with Gasteiger partial charge in [0.25, 0.3) is 15.9 Å². The molecule has 0 bridgehead atoms. The topological polar surface area (TPSA) is 113 Å². The third-order valence-corrected chi connectivity index (χ3v) is 9.28. The van der Waals surface area contributed by atoms with E-state index < -0.39 is 10.0 Å². The fourth-order valence-electron chi connectivity index (χ4n) is 4.63. The number of aromatic nitrogens is 1. The molecule has 1 amide bonds. The Bertz CT molecular complexity index is 1600. The minimum atomic E-state index is -3.88. The Morgan fingerprint density at radius 3 is 2.49 bits per heavy atom. The highest BCUT2D eigenvalue weighted by Gasteiger charge is 2.22. The molecular weight excluding hydrogens is 562 g/mol. The predicted octanol–water partition coefficient (Wildman–Crippen LogP) is 4.06. The van der Waals surface area contributed by atoms with E-state index in [1.165, 1.54) is 19.2 Å². The second-order valence-electron chi connectivity index (χ2n) is 9.44. The fourth-order valence-corrected chi connectivity index (χ4v) is 6.75. The van der Waals surface area contributed by atoms with Crippen molar-refractivity contribution in [2.75, 3.05) is 62.6 Å². The Hall–Kier alpha value is -3.87. The lowest BCUT2D eigenvalue weighted by Gasteiger charge is -2.34. The van der Waals surface area contributed by atoms with Crippen molar-refractivity contribution in [2.24, 2.45) is 0 Å². The molecule has 216 valence electrons. The van der Waals surface area contributed by atoms with Gasteiger partial charge in [-0.1, -0.05) is 29.5 Å². The van der Waals surface area contributed by atoms with Gasteiger partial charge in [-0.05, 0) is 55.5 Å². The van der Waals surface area contributed by atoms with Gasteiger partial charge in [-0.25, -0.2) is 13.4 Å². The van der Waals surface area contributed by atoms with Gasteiger partial charge in [-0.15, -0.1) is 0 Å². The number of piperazine rings is 1. The number of para-hydroxylation sites is 2. The Morgan fingerprint density at radius 2 is 1.76 bits per heavy atom. The minimum Gasteiger partial charge on any atom is -0.497 e. The molecule has 2 heterocycles. The maximum atomic E-state index is 13.0. The molecule has 0 saturated carbocycles. The molecule has 2 N–H and O–H groups in total. The molecule has 1 fully saturated rings. The first-order valence-corrected chi connectivity index (χ1v) is 15.7. The number of carbonyl (C=O) groups is 1. The van der Waals surface area contributed by atoms with E-state index in [-0.39, 0.29) is 22.1 Å². The van der Waals surface area contributed by atoms with E-state index >= 15 is 0 Å². The van der Waals surface area contributed by atoms with E-state index in [4.69, 9.17) is 14.5 Å². The van der Waals surface area contributed by atoms with Crippen LogP contribution in [0, 0.1) is 0 Å². The second kappa shape index (κ2) is 12.8. The quantitative estimate of drug-likeness (QED) is 0.267. The Balaban J connectivity index is 1.13. The number of fused-ring (bicyclic) bond motifs is 1. The molecule has 0 radical (unpaired) electrons. The first-order valence-electron chi connectivity index (χ1n) is 13.4. The lowest BCUT2D eigenvalue weighted by molar-refractivity contribution is 0.0948. The zero-order chi connectivity index (χ0) is 28.8. The van der Waals surface area contributed by atoms with Crippen molar-refractivity contribution in [1.82, 2.24) is 15.2 Å². The van der Waals surface area contributed by atoms with Crippen molar-refractivity contribution in [1.29, 1.82) is 0 Å². The number of anilines is 2. The number of carbonyl (C=O) groups excluding carboxylic acids is 1. The van der Waals surface area contributed by atoms with Crippen molar-refractivity contribution < 1.29 is 22.7 Å². The molecule has 3 aromatic carbocycles. The van der Waals surface area contributed by atoms with Crippen LogP contribution >= 0.6 is 11.3 Å². The average Bonchev–Trinajstić information content (AvgIpc) is 3.43. The summed E-state index contributed by atoms with van der Waals surface area (Å²) in [5.74, 6) is 1.03. The number of rotatable bonds is 11. The first kappa shape index (κ1) is 28.7. The Labute approximate surface area is 243 Å². The summed E-state index contributed by atoms with van der Waals surface area (Å²) < 4.78 is 40.3. The summed E-state index contributed by atoms with van der Waals surface area (Å²) in [5.41, 5.74) is 1.39. The van der Waals surface area contributed by atoms with Gasteiger partial charge in [0.1, 0.15) is 17.0 Å². The number of benzene rings is 3. The smallest absolute Gasteiger partial charge is 0.261 e. The molecule has 12 heteroatoms. The van der Waals surface area contributed by atoms with Gasteiger partial charge >= 0.3 is 0 Å². The zero-order valence-electron chi connectivity index (χ0n) is 23.0. The molecule has 4 aromatic rings. The Morgan fingerprint density at radius 1 is 1.00 bits per heavy atom. The summed E-state index contributed by atoms with van der Waals surface area (Å²) in [4.78, 5) is 22.5. The fraction of sp³-hybridized carbons (Fsp3) is 0.310. The van der Waals surface area contributed by atoms with Crippen molar-refractivity contribution in [3.8, 4) is 11.5 Å². The molecule has 1 aromatic heterocycles. The van der Waals surface area contributed by atoms with Crippen LogP contribution in [-0.4, -0.2) is 77.2 Å². The molecule has 1 saturated heterocycles. The summed E-state index contributed by atoms with van der Waals surface area (Å²) >= 11 is 1.67. The molecule has 1 aliphatic rings. The highest BCUT2D eigenvalue weighted by Crippen LogP contribution is 2.34. The van der Waals surface area contributed by atoms with Crippen molar-refractivity contribution in [3.63, 3.8) is 0 Å². The number of methoxy groups -OCH3 is 1. The number of hydrogen-bond acceptors (Lipinski definition) is 9. The highest BCUT2D eigenvalue weighted by atomic mass is 32.2. The van der Waals surface area contributed by atoms with E-state index in [0.29, 0.717) is 25.4 Å². The number of nitrogens with zero attached hydrogens (tertiary/aromatic N) is 3. The van der Waals surface area contributed by atoms with Crippen LogP contribution in [0.15, 0.2) is 71.6 Å². The van der Waals surface area contributed by atoms with Gasteiger partial charge in [-0.2, -0.15) is 0 Å². The lowest BCUT2D eigenvalue weighted by atomic mass is 10.1. The van der Waals surface area contributed by atoms with Crippen molar-refractivity contribution >= 4 is 48.3 Å². The number of sulfonamides is 1. The summed E-state index contributed by atoms with van der Waals surface area (Å²) in [6.07, 6.45) is 0. The molecule has 0 atom stereocenters.